The maximum Gasteiger partial charge on any atom is 0.0758 e. The van der Waals surface area contributed by atoms with Crippen LogP contribution in [0.2, 0.25) is 0 Å². The van der Waals surface area contributed by atoms with Crippen LogP contribution in [0.1, 0.15) is 30.2 Å². The van der Waals surface area contributed by atoms with Crippen LogP contribution in [0.15, 0.2) is 18.2 Å². The summed E-state index contributed by atoms with van der Waals surface area (Å²) in [5.74, 6) is 0. The second-order valence-corrected chi connectivity index (χ2v) is 4.82. The summed E-state index contributed by atoms with van der Waals surface area (Å²) in [6.45, 7) is 3.54. The van der Waals surface area contributed by atoms with Gasteiger partial charge in [-0.3, -0.25) is 4.98 Å². The highest BCUT2D eigenvalue weighted by atomic mass is 16.5. The summed E-state index contributed by atoms with van der Waals surface area (Å²) in [7, 11) is 0. The van der Waals surface area contributed by atoms with Crippen LogP contribution in [0.3, 0.4) is 0 Å². The van der Waals surface area contributed by atoms with E-state index in [4.69, 9.17) is 15.5 Å². The Morgan fingerprint density at radius 3 is 3.11 bits per heavy atom. The summed E-state index contributed by atoms with van der Waals surface area (Å²) < 4.78 is 5.48. The van der Waals surface area contributed by atoms with Crippen molar-refractivity contribution in [3.63, 3.8) is 0 Å². The highest BCUT2D eigenvalue weighted by molar-refractivity contribution is 5.94. The Kier molecular flexibility index (Phi) is 2.92. The van der Waals surface area contributed by atoms with E-state index >= 15 is 0 Å². The highest BCUT2D eigenvalue weighted by Crippen LogP contribution is 2.30. The number of anilines is 1. The number of pyridine rings is 1. The molecule has 0 atom stereocenters. The minimum atomic E-state index is 0.599. The predicted octanol–water partition coefficient (Wildman–Crippen LogP) is 2.84. The molecule has 0 unspecified atom stereocenters. The van der Waals surface area contributed by atoms with Gasteiger partial charge in [0.1, 0.15) is 0 Å². The van der Waals surface area contributed by atoms with Crippen LogP contribution in [0.5, 0.6) is 0 Å². The van der Waals surface area contributed by atoms with E-state index in [2.05, 4.69) is 25.1 Å². The van der Waals surface area contributed by atoms with Crippen LogP contribution < -0.4 is 5.73 Å². The predicted molar refractivity (Wildman–Crippen MR) is 73.5 cm³/mol. The fraction of sp³-hybridized carbons (Fsp3) is 0.400. The maximum atomic E-state index is 6.28. The van der Waals surface area contributed by atoms with E-state index in [1.165, 1.54) is 5.56 Å². The standard InChI is InChI=1S/C15H18N2O/c1-2-4-10-5-3-6-11-14(16)12-9-18-8-7-13(12)17-15(10)11/h3,5-6H,2,4,7-9H2,1H3,(H2,16,17). The number of nitrogens with zero attached hydrogens (tertiary/aromatic N) is 1. The van der Waals surface area contributed by atoms with Gasteiger partial charge >= 0.3 is 0 Å². The second kappa shape index (κ2) is 4.58. The smallest absolute Gasteiger partial charge is 0.0758 e. The average molecular weight is 242 g/mol. The number of aryl methyl sites for hydroxylation is 1. The van der Waals surface area contributed by atoms with Crippen LogP contribution in [0.25, 0.3) is 10.9 Å². The van der Waals surface area contributed by atoms with Crippen LogP contribution in [-0.4, -0.2) is 11.6 Å². The van der Waals surface area contributed by atoms with Gasteiger partial charge in [-0.05, 0) is 12.0 Å². The SMILES string of the molecule is CCCc1cccc2c(N)c3c(nc12)CCOC3. The fourth-order valence-electron chi connectivity index (χ4n) is 2.64. The van der Waals surface area contributed by atoms with Crippen molar-refractivity contribution >= 4 is 16.6 Å². The molecule has 0 fully saturated rings. The number of benzene rings is 1. The van der Waals surface area contributed by atoms with Crippen molar-refractivity contribution in [1.82, 2.24) is 4.98 Å². The van der Waals surface area contributed by atoms with Crippen molar-refractivity contribution in [2.45, 2.75) is 32.8 Å². The Labute approximate surface area is 107 Å². The second-order valence-electron chi connectivity index (χ2n) is 4.82. The Hall–Kier alpha value is -1.61. The summed E-state index contributed by atoms with van der Waals surface area (Å²) in [6.07, 6.45) is 3.05. The number of hydrogen-bond donors (Lipinski definition) is 1. The van der Waals surface area contributed by atoms with Gasteiger partial charge in [-0.25, -0.2) is 0 Å². The third kappa shape index (κ3) is 1.75. The third-order valence-corrected chi connectivity index (χ3v) is 3.58. The number of nitrogen functional groups attached to an aromatic ring is 1. The number of nitrogens with two attached hydrogens (primary N) is 1. The molecule has 2 heterocycles. The van der Waals surface area contributed by atoms with Crippen molar-refractivity contribution < 1.29 is 4.74 Å². The molecule has 1 aromatic carbocycles. The van der Waals surface area contributed by atoms with Crippen molar-refractivity contribution in [1.29, 1.82) is 0 Å². The summed E-state index contributed by atoms with van der Waals surface area (Å²) in [4.78, 5) is 4.84. The molecule has 1 aromatic heterocycles. The molecular formula is C15H18N2O. The van der Waals surface area contributed by atoms with E-state index in [0.29, 0.717) is 6.61 Å². The van der Waals surface area contributed by atoms with E-state index in [-0.39, 0.29) is 0 Å². The Balaban J connectivity index is 2.27. The van der Waals surface area contributed by atoms with Gasteiger partial charge in [-0.15, -0.1) is 0 Å². The molecule has 0 saturated heterocycles. The first-order chi connectivity index (χ1) is 8.81. The van der Waals surface area contributed by atoms with Gasteiger partial charge in [-0.1, -0.05) is 31.5 Å². The molecule has 2 aromatic rings. The molecule has 1 aliphatic rings. The summed E-state index contributed by atoms with van der Waals surface area (Å²) in [6, 6.07) is 6.29. The van der Waals surface area contributed by atoms with Crippen molar-refractivity contribution in [2.24, 2.45) is 0 Å². The molecule has 3 heteroatoms. The van der Waals surface area contributed by atoms with Gasteiger partial charge in [0.25, 0.3) is 0 Å². The number of aromatic nitrogens is 1. The first-order valence-electron chi connectivity index (χ1n) is 6.58. The topological polar surface area (TPSA) is 48.1 Å². The van der Waals surface area contributed by atoms with Gasteiger partial charge < -0.3 is 10.5 Å². The number of fused-ring (bicyclic) bond motifs is 2. The number of hydrogen-bond acceptors (Lipinski definition) is 3. The zero-order chi connectivity index (χ0) is 12.5. The van der Waals surface area contributed by atoms with E-state index < -0.39 is 0 Å². The van der Waals surface area contributed by atoms with Gasteiger partial charge in [0.2, 0.25) is 0 Å². The lowest BCUT2D eigenvalue weighted by molar-refractivity contribution is 0.110. The summed E-state index contributed by atoms with van der Waals surface area (Å²) in [5.41, 5.74) is 11.7. The lowest BCUT2D eigenvalue weighted by atomic mass is 9.99. The first kappa shape index (κ1) is 11.5. The van der Waals surface area contributed by atoms with E-state index in [1.54, 1.807) is 0 Å². The van der Waals surface area contributed by atoms with E-state index in [9.17, 15) is 0 Å². The monoisotopic (exact) mass is 242 g/mol. The molecule has 0 saturated carbocycles. The van der Waals surface area contributed by atoms with Crippen LogP contribution in [0.4, 0.5) is 5.69 Å². The van der Waals surface area contributed by atoms with Crippen molar-refractivity contribution in [3.8, 4) is 0 Å². The van der Waals surface area contributed by atoms with Crippen molar-refractivity contribution in [2.75, 3.05) is 12.3 Å². The minimum absolute atomic E-state index is 0.599. The molecule has 2 N–H and O–H groups in total. The molecule has 0 radical (unpaired) electrons. The lowest BCUT2D eigenvalue weighted by Gasteiger charge is -2.20. The average Bonchev–Trinajstić information content (AvgIpc) is 2.40. The van der Waals surface area contributed by atoms with Gasteiger partial charge in [0.15, 0.2) is 0 Å². The third-order valence-electron chi connectivity index (χ3n) is 3.58. The van der Waals surface area contributed by atoms with E-state index in [0.717, 1.165) is 53.7 Å². The Bertz CT molecular complexity index is 593. The van der Waals surface area contributed by atoms with Gasteiger partial charge in [0.05, 0.1) is 24.4 Å². The molecule has 18 heavy (non-hydrogen) atoms. The van der Waals surface area contributed by atoms with E-state index in [1.807, 2.05) is 0 Å². The highest BCUT2D eigenvalue weighted by Gasteiger charge is 2.17. The number of para-hydroxylation sites is 1. The maximum absolute atomic E-state index is 6.28. The molecule has 0 aliphatic carbocycles. The Morgan fingerprint density at radius 1 is 1.39 bits per heavy atom. The normalized spacial score (nSPS) is 14.7. The Morgan fingerprint density at radius 2 is 2.28 bits per heavy atom. The summed E-state index contributed by atoms with van der Waals surface area (Å²) >= 11 is 0. The first-order valence-corrected chi connectivity index (χ1v) is 6.58. The van der Waals surface area contributed by atoms with Gasteiger partial charge in [-0.2, -0.15) is 0 Å². The quantitative estimate of drug-likeness (QED) is 0.881. The number of rotatable bonds is 2. The zero-order valence-corrected chi connectivity index (χ0v) is 10.7. The number of ether oxygens (including phenoxy) is 1. The molecule has 94 valence electrons. The van der Waals surface area contributed by atoms with Crippen molar-refractivity contribution in [3.05, 3.63) is 35.0 Å². The molecule has 1 aliphatic heterocycles. The molecule has 3 nitrogen and oxygen atoms in total. The summed E-state index contributed by atoms with van der Waals surface area (Å²) in [5, 5.41) is 1.07. The van der Waals surface area contributed by atoms with Crippen LogP contribution in [-0.2, 0) is 24.2 Å². The molecule has 0 spiro atoms. The zero-order valence-electron chi connectivity index (χ0n) is 10.7. The van der Waals surface area contributed by atoms with Crippen LogP contribution in [0, 0.1) is 0 Å². The minimum Gasteiger partial charge on any atom is -0.398 e. The molecule has 3 rings (SSSR count). The molecular weight excluding hydrogens is 224 g/mol. The van der Waals surface area contributed by atoms with Crippen LogP contribution >= 0.6 is 0 Å². The fourth-order valence-corrected chi connectivity index (χ4v) is 2.64. The lowest BCUT2D eigenvalue weighted by Crippen LogP contribution is -2.14. The molecule has 0 amide bonds. The largest absolute Gasteiger partial charge is 0.398 e. The molecule has 0 bridgehead atoms. The van der Waals surface area contributed by atoms with Gasteiger partial charge in [0, 0.05) is 23.1 Å².